The van der Waals surface area contributed by atoms with Gasteiger partial charge in [0.25, 0.3) is 10.2 Å². The number of hydrogen-bond acceptors (Lipinski definition) is 4. The molecule has 1 saturated heterocycles. The van der Waals surface area contributed by atoms with Gasteiger partial charge < -0.3 is 5.73 Å². The Morgan fingerprint density at radius 2 is 1.84 bits per heavy atom. The third-order valence-corrected chi connectivity index (χ3v) is 5.24. The second-order valence-corrected chi connectivity index (χ2v) is 7.21. The Hall–Kier alpha value is -0.280. The zero-order chi connectivity index (χ0) is 14.6. The maximum atomic E-state index is 12.0. The molecular formula is C11H24N4O2S2. The number of nitrogens with zero attached hydrogens (tertiary/aromatic N) is 2. The average molecular weight is 308 g/mol. The van der Waals surface area contributed by atoms with Gasteiger partial charge in [-0.3, -0.25) is 4.90 Å². The minimum atomic E-state index is -3.37. The summed E-state index contributed by atoms with van der Waals surface area (Å²) >= 11 is 5.05. The number of nitrogens with one attached hydrogen (secondary N) is 1. The summed E-state index contributed by atoms with van der Waals surface area (Å²) < 4.78 is 28.1. The Labute approximate surface area is 121 Å². The third-order valence-electron chi connectivity index (χ3n) is 3.15. The van der Waals surface area contributed by atoms with Crippen LogP contribution in [0.2, 0.25) is 0 Å². The van der Waals surface area contributed by atoms with Crippen molar-refractivity contribution >= 4 is 27.4 Å². The van der Waals surface area contributed by atoms with Crippen LogP contribution in [0.5, 0.6) is 0 Å². The van der Waals surface area contributed by atoms with Gasteiger partial charge in [0.05, 0.1) is 11.0 Å². The molecule has 1 fully saturated rings. The maximum absolute atomic E-state index is 12.0. The number of nitrogens with two attached hydrogens (primary N) is 1. The lowest BCUT2D eigenvalue weighted by Gasteiger charge is -2.38. The second kappa shape index (κ2) is 6.94. The topological polar surface area (TPSA) is 78.7 Å². The van der Waals surface area contributed by atoms with Crippen LogP contribution in [0.3, 0.4) is 0 Å². The molecule has 0 aliphatic carbocycles. The maximum Gasteiger partial charge on any atom is 0.279 e. The van der Waals surface area contributed by atoms with E-state index < -0.39 is 10.2 Å². The smallest absolute Gasteiger partial charge is 0.279 e. The summed E-state index contributed by atoms with van der Waals surface area (Å²) in [5.74, 6) is 0. The van der Waals surface area contributed by atoms with Gasteiger partial charge >= 0.3 is 0 Å². The van der Waals surface area contributed by atoms with E-state index in [1.807, 2.05) is 20.8 Å². The molecule has 0 spiro atoms. The Morgan fingerprint density at radius 3 is 2.21 bits per heavy atom. The third kappa shape index (κ3) is 4.64. The average Bonchev–Trinajstić information content (AvgIpc) is 2.28. The van der Waals surface area contributed by atoms with Crippen LogP contribution in [0, 0.1) is 0 Å². The first kappa shape index (κ1) is 16.8. The fourth-order valence-corrected chi connectivity index (χ4v) is 3.97. The molecule has 6 nitrogen and oxygen atoms in total. The van der Waals surface area contributed by atoms with E-state index in [1.54, 1.807) is 0 Å². The fourth-order valence-electron chi connectivity index (χ4n) is 2.27. The van der Waals surface area contributed by atoms with Crippen molar-refractivity contribution in [1.82, 2.24) is 13.9 Å². The van der Waals surface area contributed by atoms with Crippen LogP contribution >= 0.6 is 12.2 Å². The van der Waals surface area contributed by atoms with Gasteiger partial charge in [-0.15, -0.1) is 0 Å². The highest BCUT2D eigenvalue weighted by Gasteiger charge is 2.30. The quantitative estimate of drug-likeness (QED) is 0.671. The van der Waals surface area contributed by atoms with Crippen LogP contribution in [0.1, 0.15) is 27.2 Å². The van der Waals surface area contributed by atoms with Crippen molar-refractivity contribution in [2.75, 3.05) is 26.2 Å². The molecule has 3 N–H and O–H groups in total. The van der Waals surface area contributed by atoms with Crippen LogP contribution in [-0.2, 0) is 10.2 Å². The standard InChI is InChI=1S/C11H24N4O2S2/c1-4-10(11(12)18)14-5-7-15(8-6-14)19(16,17)13-9(2)3/h9-10,13H,4-8H2,1-3H3,(H2,12,18). The fraction of sp³-hybridized carbons (Fsp3) is 0.909. The van der Waals surface area contributed by atoms with Gasteiger partial charge in [-0.25, -0.2) is 0 Å². The summed E-state index contributed by atoms with van der Waals surface area (Å²) in [6.07, 6.45) is 0.853. The monoisotopic (exact) mass is 308 g/mol. The van der Waals surface area contributed by atoms with Gasteiger partial charge in [-0.2, -0.15) is 17.4 Å². The number of hydrogen-bond donors (Lipinski definition) is 2. The lowest BCUT2D eigenvalue weighted by Crippen LogP contribution is -2.56. The molecule has 0 saturated carbocycles. The van der Waals surface area contributed by atoms with Crippen molar-refractivity contribution in [3.8, 4) is 0 Å². The minimum absolute atomic E-state index is 0.0675. The summed E-state index contributed by atoms with van der Waals surface area (Å²) in [7, 11) is -3.37. The molecule has 0 amide bonds. The Morgan fingerprint density at radius 1 is 1.32 bits per heavy atom. The van der Waals surface area contributed by atoms with Gasteiger partial charge in [0, 0.05) is 32.2 Å². The first-order valence-corrected chi connectivity index (χ1v) is 8.43. The van der Waals surface area contributed by atoms with Gasteiger partial charge in [-0.05, 0) is 20.3 Å². The van der Waals surface area contributed by atoms with Crippen LogP contribution in [0.4, 0.5) is 0 Å². The molecule has 1 aliphatic rings. The molecule has 0 bridgehead atoms. The molecule has 1 rings (SSSR count). The Kier molecular flexibility index (Phi) is 6.13. The van der Waals surface area contributed by atoms with Crippen molar-refractivity contribution in [2.24, 2.45) is 5.73 Å². The van der Waals surface area contributed by atoms with Crippen LogP contribution in [-0.4, -0.2) is 60.9 Å². The summed E-state index contributed by atoms with van der Waals surface area (Å²) in [4.78, 5) is 2.64. The highest BCUT2D eigenvalue weighted by atomic mass is 32.2. The van der Waals surface area contributed by atoms with Gasteiger partial charge in [0.15, 0.2) is 0 Å². The van der Waals surface area contributed by atoms with Crippen LogP contribution < -0.4 is 10.5 Å². The van der Waals surface area contributed by atoms with E-state index in [1.165, 1.54) is 4.31 Å². The number of piperazine rings is 1. The van der Waals surface area contributed by atoms with E-state index in [9.17, 15) is 8.42 Å². The highest BCUT2D eigenvalue weighted by molar-refractivity contribution is 7.87. The van der Waals surface area contributed by atoms with E-state index in [4.69, 9.17) is 18.0 Å². The lowest BCUT2D eigenvalue weighted by atomic mass is 10.1. The number of thiocarbonyl (C=S) groups is 1. The van der Waals surface area contributed by atoms with E-state index in [0.29, 0.717) is 31.2 Å². The molecule has 0 radical (unpaired) electrons. The molecule has 1 unspecified atom stereocenters. The van der Waals surface area contributed by atoms with Crippen molar-refractivity contribution in [3.05, 3.63) is 0 Å². The van der Waals surface area contributed by atoms with E-state index in [2.05, 4.69) is 9.62 Å². The van der Waals surface area contributed by atoms with E-state index in [0.717, 1.165) is 6.42 Å². The molecule has 8 heteroatoms. The summed E-state index contributed by atoms with van der Waals surface area (Å²) in [5.41, 5.74) is 5.71. The van der Waals surface area contributed by atoms with Crippen molar-refractivity contribution < 1.29 is 8.42 Å². The van der Waals surface area contributed by atoms with Gasteiger partial charge in [0.1, 0.15) is 0 Å². The minimum Gasteiger partial charge on any atom is -0.392 e. The molecule has 19 heavy (non-hydrogen) atoms. The van der Waals surface area contributed by atoms with Crippen molar-refractivity contribution in [1.29, 1.82) is 0 Å². The summed E-state index contributed by atoms with van der Waals surface area (Å²) in [6, 6.07) is -0.0269. The molecule has 1 aliphatic heterocycles. The number of rotatable bonds is 6. The predicted octanol–water partition coefficient (Wildman–Crippen LogP) is -0.0885. The highest BCUT2D eigenvalue weighted by Crippen LogP contribution is 2.12. The Bertz CT molecular complexity index is 403. The van der Waals surface area contributed by atoms with Crippen molar-refractivity contribution in [3.63, 3.8) is 0 Å². The molecule has 0 aromatic rings. The Balaban J connectivity index is 2.60. The molecular weight excluding hydrogens is 284 g/mol. The SMILES string of the molecule is CCC(C(N)=S)N1CCN(S(=O)(=O)NC(C)C)CC1. The zero-order valence-corrected chi connectivity index (χ0v) is 13.4. The van der Waals surface area contributed by atoms with Crippen molar-refractivity contribution in [2.45, 2.75) is 39.3 Å². The summed E-state index contributed by atoms with van der Waals surface area (Å²) in [6.45, 7) is 7.93. The normalized spacial score (nSPS) is 20.6. The van der Waals surface area contributed by atoms with E-state index in [-0.39, 0.29) is 12.1 Å². The zero-order valence-electron chi connectivity index (χ0n) is 11.8. The largest absolute Gasteiger partial charge is 0.392 e. The van der Waals surface area contributed by atoms with Crippen LogP contribution in [0.15, 0.2) is 0 Å². The summed E-state index contributed by atoms with van der Waals surface area (Å²) in [5, 5.41) is 0. The predicted molar refractivity (Wildman–Crippen MR) is 81.2 cm³/mol. The molecule has 112 valence electrons. The van der Waals surface area contributed by atoms with Gasteiger partial charge in [0.2, 0.25) is 0 Å². The molecule has 0 aromatic heterocycles. The van der Waals surface area contributed by atoms with E-state index >= 15 is 0 Å². The van der Waals surface area contributed by atoms with Crippen LogP contribution in [0.25, 0.3) is 0 Å². The molecule has 0 aromatic carbocycles. The second-order valence-electron chi connectivity index (χ2n) is 5.04. The first-order chi connectivity index (χ1) is 8.77. The lowest BCUT2D eigenvalue weighted by molar-refractivity contribution is 0.164. The van der Waals surface area contributed by atoms with Gasteiger partial charge in [-0.1, -0.05) is 19.1 Å². The molecule has 1 atom stereocenters. The first-order valence-electron chi connectivity index (χ1n) is 6.58. The molecule has 1 heterocycles.